The number of aliphatic hydroxyl groups excluding tert-OH is 4. The highest BCUT2D eigenvalue weighted by Gasteiger charge is 2.28. The Labute approximate surface area is 259 Å². The number of nitrogens with one attached hydrogen (secondary N) is 1. The van der Waals surface area contributed by atoms with Gasteiger partial charge in [-0.15, -0.1) is 0 Å². The van der Waals surface area contributed by atoms with E-state index in [-0.39, 0.29) is 0 Å². The van der Waals surface area contributed by atoms with Crippen molar-refractivity contribution in [2.24, 2.45) is 0 Å². The first-order chi connectivity index (χ1) is 20.5. The Hall–Kier alpha value is -1.21. The Balaban J connectivity index is 3.91. The van der Waals surface area contributed by atoms with Crippen LogP contribution in [0.25, 0.3) is 0 Å². The van der Waals surface area contributed by atoms with Crippen molar-refractivity contribution in [1.82, 2.24) is 5.32 Å². The number of hydrogen-bond donors (Lipinski definition) is 5. The minimum Gasteiger partial charge on any atom is -0.394 e. The summed E-state index contributed by atoms with van der Waals surface area (Å²) in [6, 6.07) is -1.00. The monoisotopic (exact) mass is 596 g/mol. The zero-order chi connectivity index (χ0) is 31.1. The Morgan fingerprint density at radius 1 is 0.571 bits per heavy atom. The Morgan fingerprint density at radius 2 is 1.00 bits per heavy atom. The third-order valence-electron chi connectivity index (χ3n) is 8.14. The van der Waals surface area contributed by atoms with E-state index in [4.69, 9.17) is 0 Å². The molecule has 0 aromatic heterocycles. The van der Waals surface area contributed by atoms with Crippen LogP contribution < -0.4 is 5.32 Å². The second kappa shape index (κ2) is 31.2. The highest BCUT2D eigenvalue weighted by atomic mass is 16.3. The molecule has 42 heavy (non-hydrogen) atoms. The van der Waals surface area contributed by atoms with Crippen molar-refractivity contribution in [1.29, 1.82) is 0 Å². The number of carbonyl (C=O) groups excluding carboxylic acids is 1. The van der Waals surface area contributed by atoms with Gasteiger partial charge in [0, 0.05) is 0 Å². The zero-order valence-corrected chi connectivity index (χ0v) is 27.5. The molecule has 0 aromatic rings. The van der Waals surface area contributed by atoms with Gasteiger partial charge in [-0.3, -0.25) is 4.79 Å². The van der Waals surface area contributed by atoms with Crippen molar-refractivity contribution < 1.29 is 25.2 Å². The number of amides is 1. The van der Waals surface area contributed by atoms with Gasteiger partial charge in [-0.25, -0.2) is 0 Å². The van der Waals surface area contributed by atoms with Crippen LogP contribution in [-0.2, 0) is 4.79 Å². The maximum Gasteiger partial charge on any atom is 0.249 e. The number of unbranched alkanes of at least 4 members (excludes halogenated alkanes) is 18. The topological polar surface area (TPSA) is 110 Å². The lowest BCUT2D eigenvalue weighted by Gasteiger charge is -2.27. The summed E-state index contributed by atoms with van der Waals surface area (Å²) in [5.41, 5.74) is 0. The molecule has 248 valence electrons. The molecule has 4 unspecified atom stereocenters. The Morgan fingerprint density at radius 3 is 1.50 bits per heavy atom. The lowest BCUT2D eigenvalue weighted by Crippen LogP contribution is -2.53. The van der Waals surface area contributed by atoms with E-state index < -0.39 is 36.9 Å². The Kier molecular flexibility index (Phi) is 30.3. The molecular weight excluding hydrogens is 526 g/mol. The molecule has 0 rings (SSSR count). The molecule has 0 saturated carbocycles. The molecule has 5 N–H and O–H groups in total. The molecule has 0 heterocycles. The van der Waals surface area contributed by atoms with E-state index in [0.29, 0.717) is 19.3 Å². The van der Waals surface area contributed by atoms with Crippen LogP contribution in [0, 0.1) is 0 Å². The maximum atomic E-state index is 12.4. The molecular formula is C36H69NO5. The molecule has 0 aliphatic rings. The van der Waals surface area contributed by atoms with Crippen molar-refractivity contribution >= 4 is 5.91 Å². The number of rotatable bonds is 31. The third-order valence-corrected chi connectivity index (χ3v) is 8.14. The summed E-state index contributed by atoms with van der Waals surface area (Å²) in [4.78, 5) is 12.4. The zero-order valence-electron chi connectivity index (χ0n) is 27.5. The normalized spacial score (nSPS) is 14.9. The maximum absolute atomic E-state index is 12.4. The smallest absolute Gasteiger partial charge is 0.249 e. The van der Waals surface area contributed by atoms with Gasteiger partial charge in [-0.2, -0.15) is 0 Å². The van der Waals surface area contributed by atoms with Crippen LogP contribution in [0.1, 0.15) is 168 Å². The van der Waals surface area contributed by atoms with Gasteiger partial charge in [0.15, 0.2) is 0 Å². The predicted molar refractivity (Wildman–Crippen MR) is 177 cm³/mol. The second-order valence-electron chi connectivity index (χ2n) is 12.2. The van der Waals surface area contributed by atoms with E-state index >= 15 is 0 Å². The summed E-state index contributed by atoms with van der Waals surface area (Å²) in [6.45, 7) is 3.98. The summed E-state index contributed by atoms with van der Waals surface area (Å²) in [7, 11) is 0. The first-order valence-electron chi connectivity index (χ1n) is 17.7. The first kappa shape index (κ1) is 40.8. The van der Waals surface area contributed by atoms with E-state index in [2.05, 4.69) is 43.5 Å². The van der Waals surface area contributed by atoms with Crippen molar-refractivity contribution in [2.45, 2.75) is 192 Å². The molecule has 0 aliphatic heterocycles. The molecule has 0 fully saturated rings. The fourth-order valence-corrected chi connectivity index (χ4v) is 5.24. The summed E-state index contributed by atoms with van der Waals surface area (Å²) in [5.74, 6) is -0.600. The minimum atomic E-state index is -1.28. The summed E-state index contributed by atoms with van der Waals surface area (Å²) < 4.78 is 0. The molecule has 0 bridgehead atoms. The Bertz CT molecular complexity index is 638. The molecule has 6 nitrogen and oxygen atoms in total. The van der Waals surface area contributed by atoms with Crippen LogP contribution in [0.2, 0.25) is 0 Å². The van der Waals surface area contributed by atoms with E-state index in [9.17, 15) is 25.2 Å². The SMILES string of the molecule is CCCCCC/C=C/CC/C=C/CCCC(O)C(O)C(CO)NC(=O)C(O)CCCCCCCCCCCCCCC. The van der Waals surface area contributed by atoms with Gasteiger partial charge in [-0.05, 0) is 51.4 Å². The van der Waals surface area contributed by atoms with Crippen LogP contribution >= 0.6 is 0 Å². The average molecular weight is 596 g/mol. The first-order valence-corrected chi connectivity index (χ1v) is 17.7. The van der Waals surface area contributed by atoms with Gasteiger partial charge < -0.3 is 25.7 Å². The summed E-state index contributed by atoms with van der Waals surface area (Å²) in [5, 5.41) is 43.3. The lowest BCUT2D eigenvalue weighted by molar-refractivity contribution is -0.132. The van der Waals surface area contributed by atoms with Crippen LogP contribution in [0.15, 0.2) is 24.3 Å². The molecule has 0 aliphatic carbocycles. The van der Waals surface area contributed by atoms with Gasteiger partial charge >= 0.3 is 0 Å². The fraction of sp³-hybridized carbons (Fsp3) is 0.861. The standard InChI is InChI=1S/C36H69NO5/c1-3-5-7-9-11-13-15-17-19-21-23-25-27-29-33(39)35(41)32(31-38)37-36(42)34(40)30-28-26-24-22-20-18-16-14-12-10-8-6-4-2/h13,15,21,23,32-35,38-41H,3-12,14,16-20,22,24-31H2,1-2H3,(H,37,42)/b15-13+,23-21+. The van der Waals surface area contributed by atoms with Gasteiger partial charge in [0.05, 0.1) is 18.8 Å². The molecule has 0 aromatic carbocycles. The van der Waals surface area contributed by atoms with Crippen molar-refractivity contribution in [3.05, 3.63) is 24.3 Å². The number of aliphatic hydroxyl groups is 4. The van der Waals surface area contributed by atoms with E-state index in [1.165, 1.54) is 89.9 Å². The van der Waals surface area contributed by atoms with Crippen molar-refractivity contribution in [3.63, 3.8) is 0 Å². The van der Waals surface area contributed by atoms with Crippen LogP contribution in [0.3, 0.4) is 0 Å². The van der Waals surface area contributed by atoms with Gasteiger partial charge in [0.2, 0.25) is 5.91 Å². The highest BCUT2D eigenvalue weighted by Crippen LogP contribution is 2.14. The van der Waals surface area contributed by atoms with Crippen LogP contribution in [0.4, 0.5) is 0 Å². The number of allylic oxidation sites excluding steroid dienone is 4. The molecule has 6 heteroatoms. The third kappa shape index (κ3) is 25.3. The highest BCUT2D eigenvalue weighted by molar-refractivity contribution is 5.80. The van der Waals surface area contributed by atoms with Gasteiger partial charge in [0.1, 0.15) is 12.2 Å². The average Bonchev–Trinajstić information content (AvgIpc) is 2.99. The minimum absolute atomic E-state index is 0.363. The van der Waals surface area contributed by atoms with Crippen LogP contribution in [0.5, 0.6) is 0 Å². The summed E-state index contributed by atoms with van der Waals surface area (Å²) >= 11 is 0. The quantitative estimate of drug-likeness (QED) is 0.0411. The second-order valence-corrected chi connectivity index (χ2v) is 12.2. The van der Waals surface area contributed by atoms with Crippen LogP contribution in [-0.4, -0.2) is 57.3 Å². The molecule has 0 spiro atoms. The van der Waals surface area contributed by atoms with Gasteiger partial charge in [0.25, 0.3) is 0 Å². The van der Waals surface area contributed by atoms with E-state index in [1.807, 2.05) is 0 Å². The van der Waals surface area contributed by atoms with Crippen molar-refractivity contribution in [2.75, 3.05) is 6.61 Å². The predicted octanol–water partition coefficient (Wildman–Crippen LogP) is 8.06. The van der Waals surface area contributed by atoms with Gasteiger partial charge in [-0.1, -0.05) is 141 Å². The number of carbonyl (C=O) groups is 1. The molecule has 1 amide bonds. The molecule has 0 saturated heterocycles. The fourth-order valence-electron chi connectivity index (χ4n) is 5.24. The largest absolute Gasteiger partial charge is 0.394 e. The molecule has 0 radical (unpaired) electrons. The summed E-state index contributed by atoms with van der Waals surface area (Å²) in [6.07, 6.45) is 31.9. The van der Waals surface area contributed by atoms with E-state index in [1.54, 1.807) is 0 Å². The van der Waals surface area contributed by atoms with E-state index in [0.717, 1.165) is 44.9 Å². The van der Waals surface area contributed by atoms with Crippen molar-refractivity contribution in [3.8, 4) is 0 Å². The molecule has 4 atom stereocenters. The number of hydrogen-bond acceptors (Lipinski definition) is 5. The lowest BCUT2D eigenvalue weighted by atomic mass is 10.00.